The maximum Gasteiger partial charge on any atom is 0.347 e. The van der Waals surface area contributed by atoms with Crippen LogP contribution in [0.1, 0.15) is 21.1 Å². The lowest BCUT2D eigenvalue weighted by molar-refractivity contribution is 0.0701. The number of aromatic amines is 1. The summed E-state index contributed by atoms with van der Waals surface area (Å²) in [5, 5.41) is 12.6. The van der Waals surface area contributed by atoms with Crippen molar-refractivity contribution in [1.82, 2.24) is 15.0 Å². The van der Waals surface area contributed by atoms with E-state index in [9.17, 15) is 4.79 Å². The highest BCUT2D eigenvalue weighted by Gasteiger charge is 2.13. The van der Waals surface area contributed by atoms with Crippen LogP contribution in [0.15, 0.2) is 12.5 Å². The van der Waals surface area contributed by atoms with E-state index in [1.54, 1.807) is 19.4 Å². The number of H-pyrrole nitrogens is 1. The Morgan fingerprint density at radius 3 is 3.06 bits per heavy atom. The Kier molecular flexibility index (Phi) is 3.38. The molecule has 2 aromatic rings. The number of aromatic carboxylic acids is 1. The summed E-state index contributed by atoms with van der Waals surface area (Å²) >= 11 is 1.16. The lowest BCUT2D eigenvalue weighted by atomic mass is 10.3. The molecule has 0 aliphatic rings. The first-order valence-corrected chi connectivity index (χ1v) is 5.90. The Balaban J connectivity index is 1.91. The highest BCUT2D eigenvalue weighted by atomic mass is 32.1. The number of anilines is 1. The predicted molar refractivity (Wildman–Crippen MR) is 64.6 cm³/mol. The Bertz CT molecular complexity index is 506. The van der Waals surface area contributed by atoms with Crippen LogP contribution in [0.25, 0.3) is 0 Å². The molecule has 3 N–H and O–H groups in total. The molecule has 0 aromatic carbocycles. The minimum atomic E-state index is -0.929. The Hall–Kier alpha value is -1.89. The van der Waals surface area contributed by atoms with Gasteiger partial charge in [0.15, 0.2) is 5.13 Å². The van der Waals surface area contributed by atoms with Crippen molar-refractivity contribution in [3.63, 3.8) is 0 Å². The molecule has 0 atom stereocenters. The van der Waals surface area contributed by atoms with Crippen molar-refractivity contribution < 1.29 is 9.90 Å². The van der Waals surface area contributed by atoms with Gasteiger partial charge in [0.05, 0.1) is 12.0 Å². The number of rotatable bonds is 5. The van der Waals surface area contributed by atoms with E-state index in [2.05, 4.69) is 20.3 Å². The SMILES string of the molecule is Cc1nc(NCCc2cnc[nH]2)sc1C(=O)O. The third kappa shape index (κ3) is 2.82. The van der Waals surface area contributed by atoms with Gasteiger partial charge in [-0.15, -0.1) is 0 Å². The van der Waals surface area contributed by atoms with Crippen molar-refractivity contribution in [2.45, 2.75) is 13.3 Å². The number of aryl methyl sites for hydroxylation is 1. The summed E-state index contributed by atoms with van der Waals surface area (Å²) < 4.78 is 0. The second-order valence-corrected chi connectivity index (χ2v) is 4.49. The third-order valence-electron chi connectivity index (χ3n) is 2.22. The van der Waals surface area contributed by atoms with E-state index in [1.807, 2.05) is 0 Å². The molecule has 0 saturated heterocycles. The molecule has 0 aliphatic carbocycles. The smallest absolute Gasteiger partial charge is 0.347 e. The Morgan fingerprint density at radius 2 is 2.47 bits per heavy atom. The van der Waals surface area contributed by atoms with E-state index >= 15 is 0 Å². The maximum atomic E-state index is 10.8. The van der Waals surface area contributed by atoms with Crippen LogP contribution < -0.4 is 5.32 Å². The fourth-order valence-corrected chi connectivity index (χ4v) is 2.23. The van der Waals surface area contributed by atoms with Crippen LogP contribution in [0, 0.1) is 6.92 Å². The molecule has 2 rings (SSSR count). The third-order valence-corrected chi connectivity index (χ3v) is 3.32. The molecule has 2 aromatic heterocycles. The van der Waals surface area contributed by atoms with Crippen LogP contribution in [-0.2, 0) is 6.42 Å². The highest BCUT2D eigenvalue weighted by Crippen LogP contribution is 2.22. The number of carbonyl (C=O) groups is 1. The van der Waals surface area contributed by atoms with Crippen LogP contribution in [0.5, 0.6) is 0 Å². The van der Waals surface area contributed by atoms with Gasteiger partial charge in [0.2, 0.25) is 0 Å². The molecule has 7 heteroatoms. The summed E-state index contributed by atoms with van der Waals surface area (Å²) in [5.41, 5.74) is 1.58. The van der Waals surface area contributed by atoms with Crippen LogP contribution >= 0.6 is 11.3 Å². The van der Waals surface area contributed by atoms with Gasteiger partial charge in [-0.05, 0) is 6.92 Å². The minimum absolute atomic E-state index is 0.286. The van der Waals surface area contributed by atoms with Gasteiger partial charge in [-0.2, -0.15) is 0 Å². The molecular weight excluding hydrogens is 240 g/mol. The largest absolute Gasteiger partial charge is 0.477 e. The molecule has 17 heavy (non-hydrogen) atoms. The molecule has 90 valence electrons. The average Bonchev–Trinajstić information content (AvgIpc) is 2.88. The number of carboxylic acids is 1. The van der Waals surface area contributed by atoms with E-state index in [4.69, 9.17) is 5.11 Å². The number of nitrogens with one attached hydrogen (secondary N) is 2. The number of hydrogen-bond acceptors (Lipinski definition) is 5. The van der Waals surface area contributed by atoms with Crippen molar-refractivity contribution in [2.75, 3.05) is 11.9 Å². The molecular formula is C10H12N4O2S. The van der Waals surface area contributed by atoms with Crippen LogP contribution in [0.2, 0.25) is 0 Å². The van der Waals surface area contributed by atoms with E-state index < -0.39 is 5.97 Å². The number of imidazole rings is 1. The first-order valence-electron chi connectivity index (χ1n) is 5.08. The molecule has 0 unspecified atom stereocenters. The van der Waals surface area contributed by atoms with Gasteiger partial charge in [-0.3, -0.25) is 0 Å². The van der Waals surface area contributed by atoms with Gasteiger partial charge < -0.3 is 15.4 Å². The summed E-state index contributed by atoms with van der Waals surface area (Å²) in [7, 11) is 0. The zero-order valence-corrected chi connectivity index (χ0v) is 10.0. The minimum Gasteiger partial charge on any atom is -0.477 e. The Labute approximate surface area is 102 Å². The van der Waals surface area contributed by atoms with Crippen molar-refractivity contribution in [3.05, 3.63) is 28.8 Å². The fraction of sp³-hybridized carbons (Fsp3) is 0.300. The van der Waals surface area contributed by atoms with Gasteiger partial charge in [0, 0.05) is 24.9 Å². The van der Waals surface area contributed by atoms with Crippen LogP contribution in [0.3, 0.4) is 0 Å². The first-order chi connectivity index (χ1) is 8.16. The van der Waals surface area contributed by atoms with Gasteiger partial charge >= 0.3 is 5.97 Å². The quantitative estimate of drug-likeness (QED) is 0.750. The summed E-state index contributed by atoms with van der Waals surface area (Å²) in [4.78, 5) is 22.2. The normalized spacial score (nSPS) is 10.4. The number of nitrogens with zero attached hydrogens (tertiary/aromatic N) is 2. The summed E-state index contributed by atoms with van der Waals surface area (Å²) in [5.74, 6) is -0.929. The summed E-state index contributed by atoms with van der Waals surface area (Å²) in [6.45, 7) is 2.38. The molecule has 0 spiro atoms. The predicted octanol–water partition coefficient (Wildman–Crippen LogP) is 1.53. The van der Waals surface area contributed by atoms with Crippen LogP contribution in [-0.4, -0.2) is 32.6 Å². The second-order valence-electron chi connectivity index (χ2n) is 3.49. The van der Waals surface area contributed by atoms with Gasteiger partial charge in [0.25, 0.3) is 0 Å². The standard InChI is InChI=1S/C10H12N4O2S/c1-6-8(9(15)16)17-10(14-6)12-3-2-7-4-11-5-13-7/h4-5H,2-3H2,1H3,(H,11,13)(H,12,14)(H,15,16). The number of carboxylic acid groups (broad SMARTS) is 1. The summed E-state index contributed by atoms with van der Waals surface area (Å²) in [6, 6.07) is 0. The molecule has 0 bridgehead atoms. The number of thiazole rings is 1. The Morgan fingerprint density at radius 1 is 1.65 bits per heavy atom. The fourth-order valence-electron chi connectivity index (χ4n) is 1.40. The van der Waals surface area contributed by atoms with Crippen molar-refractivity contribution in [2.24, 2.45) is 0 Å². The number of hydrogen-bond donors (Lipinski definition) is 3. The molecule has 0 radical (unpaired) electrons. The van der Waals surface area contributed by atoms with E-state index in [0.717, 1.165) is 23.5 Å². The zero-order valence-electron chi connectivity index (χ0n) is 9.23. The summed E-state index contributed by atoms with van der Waals surface area (Å²) in [6.07, 6.45) is 4.18. The lowest BCUT2D eigenvalue weighted by Crippen LogP contribution is -2.04. The molecule has 0 amide bonds. The monoisotopic (exact) mass is 252 g/mol. The van der Waals surface area contributed by atoms with E-state index in [0.29, 0.717) is 17.4 Å². The molecule has 0 saturated carbocycles. The second kappa shape index (κ2) is 4.96. The topological polar surface area (TPSA) is 90.9 Å². The van der Waals surface area contributed by atoms with Gasteiger partial charge in [-0.25, -0.2) is 14.8 Å². The van der Waals surface area contributed by atoms with E-state index in [-0.39, 0.29) is 4.88 Å². The molecule has 2 heterocycles. The molecule has 0 aliphatic heterocycles. The lowest BCUT2D eigenvalue weighted by Gasteiger charge is -1.99. The van der Waals surface area contributed by atoms with Gasteiger partial charge in [-0.1, -0.05) is 11.3 Å². The van der Waals surface area contributed by atoms with Crippen molar-refractivity contribution >= 4 is 22.4 Å². The van der Waals surface area contributed by atoms with Gasteiger partial charge in [0.1, 0.15) is 4.88 Å². The molecule has 6 nitrogen and oxygen atoms in total. The van der Waals surface area contributed by atoms with Crippen molar-refractivity contribution in [3.8, 4) is 0 Å². The highest BCUT2D eigenvalue weighted by molar-refractivity contribution is 7.17. The first kappa shape index (κ1) is 11.6. The van der Waals surface area contributed by atoms with E-state index in [1.165, 1.54) is 0 Å². The van der Waals surface area contributed by atoms with Crippen LogP contribution in [0.4, 0.5) is 5.13 Å². The number of aromatic nitrogens is 3. The zero-order chi connectivity index (χ0) is 12.3. The molecule has 0 fully saturated rings. The average molecular weight is 252 g/mol. The van der Waals surface area contributed by atoms with Crippen molar-refractivity contribution in [1.29, 1.82) is 0 Å². The maximum absolute atomic E-state index is 10.8.